The molecule has 0 saturated carbocycles. The number of amides is 2. The number of alkyl halides is 2. The van der Waals surface area contributed by atoms with Gasteiger partial charge in [-0.15, -0.1) is 12.4 Å². The molecule has 150 valence electrons. The Hall–Kier alpha value is -2.58. The van der Waals surface area contributed by atoms with Gasteiger partial charge in [0.05, 0.1) is 12.6 Å². The van der Waals surface area contributed by atoms with Crippen LogP contribution in [0, 0.1) is 5.82 Å². The average molecular weight is 414 g/mol. The van der Waals surface area contributed by atoms with Crippen LogP contribution in [0.5, 0.6) is 0 Å². The molecule has 1 aliphatic rings. The first-order valence-electron chi connectivity index (χ1n) is 8.37. The summed E-state index contributed by atoms with van der Waals surface area (Å²) in [5.74, 6) is -4.09. The highest BCUT2D eigenvalue weighted by Crippen LogP contribution is 2.25. The Morgan fingerprint density at radius 2 is 1.71 bits per heavy atom. The Kier molecular flexibility index (Phi) is 7.04. The predicted octanol–water partition coefficient (Wildman–Crippen LogP) is 3.11. The predicted molar refractivity (Wildman–Crippen MR) is 101 cm³/mol. The van der Waals surface area contributed by atoms with Crippen molar-refractivity contribution in [2.24, 2.45) is 0 Å². The lowest BCUT2D eigenvalue weighted by atomic mass is 10.1. The average Bonchev–Trinajstić information content (AvgIpc) is 3.01. The van der Waals surface area contributed by atoms with Gasteiger partial charge in [-0.3, -0.25) is 14.9 Å². The fraction of sp³-hybridized carbons (Fsp3) is 0.263. The highest BCUT2D eigenvalue weighted by Gasteiger charge is 2.42. The van der Waals surface area contributed by atoms with Gasteiger partial charge in [-0.05, 0) is 42.0 Å². The van der Waals surface area contributed by atoms with Gasteiger partial charge in [-0.2, -0.15) is 0 Å². The lowest BCUT2D eigenvalue weighted by molar-refractivity contribution is -0.118. The fourth-order valence-electron chi connectivity index (χ4n) is 2.72. The summed E-state index contributed by atoms with van der Waals surface area (Å²) in [7, 11) is 0. The van der Waals surface area contributed by atoms with Crippen molar-refractivity contribution in [2.45, 2.75) is 24.9 Å². The van der Waals surface area contributed by atoms with Crippen LogP contribution in [0.1, 0.15) is 22.3 Å². The summed E-state index contributed by atoms with van der Waals surface area (Å²) in [6, 6.07) is 10.9. The zero-order valence-electron chi connectivity index (χ0n) is 14.7. The van der Waals surface area contributed by atoms with Gasteiger partial charge in [0.25, 0.3) is 11.8 Å². The molecule has 1 aliphatic heterocycles. The van der Waals surface area contributed by atoms with Crippen molar-refractivity contribution in [3.05, 3.63) is 65.5 Å². The van der Waals surface area contributed by atoms with Crippen molar-refractivity contribution < 1.29 is 22.8 Å². The number of hydrogen-bond acceptors (Lipinski definition) is 3. The minimum atomic E-state index is -2.88. The molecular weight excluding hydrogens is 395 g/mol. The maximum Gasteiger partial charge on any atom is 0.262 e. The molecule has 1 heterocycles. The van der Waals surface area contributed by atoms with Crippen LogP contribution in [0.4, 0.5) is 18.9 Å². The molecule has 1 atom stereocenters. The van der Waals surface area contributed by atoms with Crippen molar-refractivity contribution in [1.29, 1.82) is 0 Å². The fourth-order valence-corrected chi connectivity index (χ4v) is 2.72. The van der Waals surface area contributed by atoms with Gasteiger partial charge >= 0.3 is 0 Å². The van der Waals surface area contributed by atoms with Gasteiger partial charge in [-0.1, -0.05) is 12.1 Å². The molecule has 0 radical (unpaired) electrons. The SMILES string of the molecule is Cl.O=C(NCc1ccc(F)cc1)c1ccc(NC(=O)C2CC(F)(F)CN2)cc1. The molecule has 0 aliphatic carbocycles. The Morgan fingerprint density at radius 1 is 1.07 bits per heavy atom. The first-order valence-corrected chi connectivity index (χ1v) is 8.37. The van der Waals surface area contributed by atoms with E-state index in [1.54, 1.807) is 12.1 Å². The summed E-state index contributed by atoms with van der Waals surface area (Å²) in [6.07, 6.45) is -0.539. The molecule has 28 heavy (non-hydrogen) atoms. The summed E-state index contributed by atoms with van der Waals surface area (Å²) >= 11 is 0. The Labute approximate surface area is 166 Å². The van der Waals surface area contributed by atoms with Gasteiger partial charge in [0.1, 0.15) is 5.82 Å². The van der Waals surface area contributed by atoms with E-state index >= 15 is 0 Å². The maximum atomic E-state index is 13.1. The monoisotopic (exact) mass is 413 g/mol. The van der Waals surface area contributed by atoms with Gasteiger partial charge in [0, 0.05) is 24.2 Å². The van der Waals surface area contributed by atoms with Crippen LogP contribution in [0.15, 0.2) is 48.5 Å². The normalized spacial score (nSPS) is 17.5. The largest absolute Gasteiger partial charge is 0.348 e. The van der Waals surface area contributed by atoms with Crippen molar-refractivity contribution in [3.63, 3.8) is 0 Å². The number of nitrogens with one attached hydrogen (secondary N) is 3. The summed E-state index contributed by atoms with van der Waals surface area (Å²) < 4.78 is 39.1. The van der Waals surface area contributed by atoms with Crippen LogP contribution in [-0.2, 0) is 11.3 Å². The second-order valence-corrected chi connectivity index (χ2v) is 6.37. The molecule has 5 nitrogen and oxygen atoms in total. The van der Waals surface area contributed by atoms with E-state index in [1.807, 2.05) is 0 Å². The second kappa shape index (κ2) is 9.07. The Bertz CT molecular complexity index is 829. The van der Waals surface area contributed by atoms with E-state index < -0.39 is 30.8 Å². The van der Waals surface area contributed by atoms with E-state index in [4.69, 9.17) is 0 Å². The molecule has 2 aromatic rings. The number of halogens is 4. The number of carbonyl (C=O) groups is 2. The third kappa shape index (κ3) is 5.71. The molecule has 2 aromatic carbocycles. The van der Waals surface area contributed by atoms with Gasteiger partial charge in [0.2, 0.25) is 5.91 Å². The summed E-state index contributed by atoms with van der Waals surface area (Å²) in [5, 5.41) is 7.74. The third-order valence-corrected chi connectivity index (χ3v) is 4.21. The number of carbonyl (C=O) groups excluding carboxylic acids is 2. The lowest BCUT2D eigenvalue weighted by Crippen LogP contribution is -2.35. The number of benzene rings is 2. The molecule has 0 bridgehead atoms. The minimum Gasteiger partial charge on any atom is -0.348 e. The van der Waals surface area contributed by atoms with E-state index in [0.29, 0.717) is 11.3 Å². The maximum absolute atomic E-state index is 13.1. The second-order valence-electron chi connectivity index (χ2n) is 6.37. The molecule has 3 N–H and O–H groups in total. The van der Waals surface area contributed by atoms with E-state index in [-0.39, 0.29) is 30.7 Å². The number of anilines is 1. The van der Waals surface area contributed by atoms with Gasteiger partial charge < -0.3 is 10.6 Å². The number of hydrogen-bond donors (Lipinski definition) is 3. The van der Waals surface area contributed by atoms with Crippen LogP contribution >= 0.6 is 12.4 Å². The molecule has 9 heteroatoms. The Balaban J connectivity index is 0.00000280. The van der Waals surface area contributed by atoms with Gasteiger partial charge in [0.15, 0.2) is 0 Å². The Morgan fingerprint density at radius 3 is 2.29 bits per heavy atom. The summed E-state index contributed by atoms with van der Waals surface area (Å²) in [5.41, 5.74) is 1.54. The molecule has 1 unspecified atom stereocenters. The van der Waals surface area contributed by atoms with E-state index in [9.17, 15) is 22.8 Å². The van der Waals surface area contributed by atoms with Crippen molar-refractivity contribution in [3.8, 4) is 0 Å². The highest BCUT2D eigenvalue weighted by atomic mass is 35.5. The van der Waals surface area contributed by atoms with Crippen LogP contribution < -0.4 is 16.0 Å². The smallest absolute Gasteiger partial charge is 0.262 e. The summed E-state index contributed by atoms with van der Waals surface area (Å²) in [4.78, 5) is 24.1. The minimum absolute atomic E-state index is 0. The van der Waals surface area contributed by atoms with E-state index in [1.165, 1.54) is 36.4 Å². The van der Waals surface area contributed by atoms with Crippen molar-refractivity contribution >= 4 is 29.9 Å². The van der Waals surface area contributed by atoms with Crippen molar-refractivity contribution in [2.75, 3.05) is 11.9 Å². The molecule has 0 aromatic heterocycles. The van der Waals surface area contributed by atoms with E-state index in [2.05, 4.69) is 16.0 Å². The van der Waals surface area contributed by atoms with Crippen LogP contribution in [0.25, 0.3) is 0 Å². The lowest BCUT2D eigenvalue weighted by Gasteiger charge is -2.12. The quantitative estimate of drug-likeness (QED) is 0.705. The topological polar surface area (TPSA) is 70.2 Å². The summed E-state index contributed by atoms with van der Waals surface area (Å²) in [6.45, 7) is -0.266. The third-order valence-electron chi connectivity index (χ3n) is 4.21. The molecule has 1 saturated heterocycles. The molecule has 3 rings (SSSR count). The molecular formula is C19H19ClF3N3O2. The highest BCUT2D eigenvalue weighted by molar-refractivity contribution is 5.97. The van der Waals surface area contributed by atoms with Crippen LogP contribution in [0.3, 0.4) is 0 Å². The van der Waals surface area contributed by atoms with Gasteiger partial charge in [-0.25, -0.2) is 13.2 Å². The number of rotatable bonds is 5. The first-order chi connectivity index (χ1) is 12.8. The molecule has 2 amide bonds. The van der Waals surface area contributed by atoms with Crippen LogP contribution in [0.2, 0.25) is 0 Å². The van der Waals surface area contributed by atoms with E-state index in [0.717, 1.165) is 5.56 Å². The zero-order valence-corrected chi connectivity index (χ0v) is 15.5. The van der Waals surface area contributed by atoms with Crippen molar-refractivity contribution in [1.82, 2.24) is 10.6 Å². The standard InChI is InChI=1S/C19H18F3N3O2.ClH/c20-14-5-1-12(2-6-14)10-23-17(26)13-3-7-15(8-4-13)25-18(27)16-9-19(21,22)11-24-16;/h1-8,16,24H,9-11H2,(H,23,26)(H,25,27);1H. The zero-order chi connectivity index (χ0) is 19.4. The molecule has 0 spiro atoms. The molecule has 1 fully saturated rings. The van der Waals surface area contributed by atoms with Crippen LogP contribution in [-0.4, -0.2) is 30.3 Å². The first kappa shape index (κ1) is 21.7.